The molecule has 0 spiro atoms. The predicted octanol–water partition coefficient (Wildman–Crippen LogP) is 23.4. The second-order valence-electron chi connectivity index (χ2n) is 26.1. The van der Waals surface area contributed by atoms with Gasteiger partial charge in [-0.1, -0.05) is 243 Å². The number of aromatic nitrogens is 7. The molecule has 0 N–H and O–H groups in total. The molecule has 4 heterocycles. The van der Waals surface area contributed by atoms with Gasteiger partial charge in [0, 0.05) is 49.8 Å². The molecule has 0 amide bonds. The third-order valence-electron chi connectivity index (χ3n) is 21.1. The van der Waals surface area contributed by atoms with Gasteiger partial charge >= 0.3 is 0 Å². The monoisotopic (exact) mass is 1240 g/mol. The molecule has 7 heteroatoms. The number of hydrogen-bond donors (Lipinski definition) is 0. The molecule has 0 saturated carbocycles. The van der Waals surface area contributed by atoms with Crippen LogP contribution in [-0.2, 0) is 0 Å². The molecule has 4 aromatic heterocycles. The van der Waals surface area contributed by atoms with Crippen LogP contribution in [0.4, 0.5) is 0 Å². The first-order valence-corrected chi connectivity index (χ1v) is 33.5. The fourth-order valence-electron chi connectivity index (χ4n) is 16.9. The summed E-state index contributed by atoms with van der Waals surface area (Å²) in [6, 6.07) is 110. The zero-order valence-electron chi connectivity index (χ0n) is 52.6. The van der Waals surface area contributed by atoms with Crippen molar-refractivity contribution in [3.8, 4) is 113 Å². The molecular weight excluding hydrogens is 1190 g/mol. The van der Waals surface area contributed by atoms with Crippen molar-refractivity contribution < 1.29 is 0 Å². The summed E-state index contributed by atoms with van der Waals surface area (Å²) in [5, 5.41) is 19.0. The zero-order chi connectivity index (χ0) is 63.8. The van der Waals surface area contributed by atoms with E-state index in [4.69, 9.17) is 24.9 Å². The van der Waals surface area contributed by atoms with Crippen LogP contribution in [0.1, 0.15) is 0 Å². The number of rotatable bonds is 7. The molecule has 0 aliphatic heterocycles. The van der Waals surface area contributed by atoms with E-state index in [1.165, 1.54) is 98.5 Å². The Balaban J connectivity index is 0.628. The molecule has 450 valence electrons. The van der Waals surface area contributed by atoms with Gasteiger partial charge in [0.1, 0.15) is 0 Å². The van der Waals surface area contributed by atoms with Crippen LogP contribution < -0.4 is 0 Å². The van der Waals surface area contributed by atoms with Gasteiger partial charge in [0.05, 0.1) is 27.8 Å². The molecule has 0 radical (unpaired) electrons. The van der Waals surface area contributed by atoms with Crippen LogP contribution in [0.2, 0.25) is 0 Å². The molecule has 22 rings (SSSR count). The van der Waals surface area contributed by atoms with Gasteiger partial charge in [-0.15, -0.1) is 0 Å². The number of hydrogen-bond acceptors (Lipinski definition) is 5. The first-order chi connectivity index (χ1) is 48.6. The van der Waals surface area contributed by atoms with Gasteiger partial charge in [0.25, 0.3) is 0 Å². The Morgan fingerprint density at radius 2 is 0.673 bits per heavy atom. The lowest BCUT2D eigenvalue weighted by atomic mass is 9.88. The Morgan fingerprint density at radius 1 is 0.214 bits per heavy atom. The normalized spacial score (nSPS) is 12.3. The van der Waals surface area contributed by atoms with E-state index >= 15 is 0 Å². The smallest absolute Gasteiger partial charge is 0.240 e. The minimum absolute atomic E-state index is 0.557. The Bertz CT molecular complexity index is 6700. The minimum atomic E-state index is 0.557. The van der Waals surface area contributed by atoms with Gasteiger partial charge in [-0.2, -0.15) is 15.0 Å². The van der Waals surface area contributed by atoms with E-state index in [0.29, 0.717) is 17.7 Å². The summed E-state index contributed by atoms with van der Waals surface area (Å²) in [5.74, 6) is 2.44. The highest BCUT2D eigenvalue weighted by molar-refractivity contribution is 6.32. The van der Waals surface area contributed by atoms with Crippen LogP contribution in [0.3, 0.4) is 0 Å². The summed E-state index contributed by atoms with van der Waals surface area (Å²) >= 11 is 0. The summed E-state index contributed by atoms with van der Waals surface area (Å²) in [4.78, 5) is 26.9. The molecule has 16 aromatic carbocycles. The van der Waals surface area contributed by atoms with Crippen LogP contribution in [0.5, 0.6) is 0 Å². The van der Waals surface area contributed by atoms with Crippen molar-refractivity contribution in [2.24, 2.45) is 0 Å². The molecule has 2 aliphatic rings. The van der Waals surface area contributed by atoms with Gasteiger partial charge in [0.2, 0.25) is 11.9 Å². The number of fused-ring (bicyclic) bond motifs is 20. The molecule has 7 nitrogen and oxygen atoms in total. The Morgan fingerprint density at radius 3 is 1.35 bits per heavy atom. The van der Waals surface area contributed by atoms with Crippen molar-refractivity contribution in [3.05, 3.63) is 310 Å². The number of para-hydroxylation sites is 4. The van der Waals surface area contributed by atoms with E-state index < -0.39 is 0 Å². The highest BCUT2D eigenvalue weighted by atomic mass is 15.3. The molecular formula is C91H51N7. The lowest BCUT2D eigenvalue weighted by molar-refractivity contribution is 0.893. The van der Waals surface area contributed by atoms with Crippen LogP contribution in [0.25, 0.3) is 221 Å². The fraction of sp³-hybridized carbons (Fsp3) is 0. The molecule has 0 saturated heterocycles. The van der Waals surface area contributed by atoms with Crippen molar-refractivity contribution >= 4 is 108 Å². The minimum Gasteiger partial charge on any atom is -0.278 e. The molecule has 0 unspecified atom stereocenters. The third kappa shape index (κ3) is 7.49. The quantitative estimate of drug-likeness (QED) is 0.149. The van der Waals surface area contributed by atoms with Gasteiger partial charge in [-0.3, -0.25) is 9.13 Å². The number of benzene rings is 16. The summed E-state index contributed by atoms with van der Waals surface area (Å²) in [7, 11) is 0. The van der Waals surface area contributed by atoms with E-state index in [1.807, 2.05) is 12.3 Å². The van der Waals surface area contributed by atoms with Crippen molar-refractivity contribution in [1.29, 1.82) is 0 Å². The van der Waals surface area contributed by atoms with Crippen LogP contribution >= 0.6 is 0 Å². The standard InChI is InChI=1S/C91H51N7/c1-2-19-59-57(17-1)51-77-61-21-4-3-20-60(61)70-43-46-75(84(59)87(70)77)88-92-48-47-78(93-88)63-28-15-18-56-49-54(39-41-58(56)63)52-35-37-53(38-36-52)55-40-42-71-76(50-55)62-22-5-6-27-68(62)85-73-30-16-29-69-72(44-45-74(83(69)73)86(71)85)89-94-90(97-79-31-11-7-23-64(79)65-24-8-12-32-80(65)97)96-91(95-89)98-81-33-13-9-25-66(81)67-26-10-14-34-82(67)98/h1-51H. The highest BCUT2D eigenvalue weighted by Crippen LogP contribution is 2.56. The third-order valence-corrected chi connectivity index (χ3v) is 21.1. The molecule has 0 atom stereocenters. The van der Waals surface area contributed by atoms with Crippen molar-refractivity contribution in [1.82, 2.24) is 34.1 Å². The Hall–Kier alpha value is -13.2. The topological polar surface area (TPSA) is 74.3 Å². The van der Waals surface area contributed by atoms with E-state index in [2.05, 4.69) is 306 Å². The van der Waals surface area contributed by atoms with Crippen molar-refractivity contribution in [3.63, 3.8) is 0 Å². The second kappa shape index (κ2) is 20.1. The zero-order valence-corrected chi connectivity index (χ0v) is 52.6. The lowest BCUT2D eigenvalue weighted by Crippen LogP contribution is -2.10. The summed E-state index contributed by atoms with van der Waals surface area (Å²) in [6.07, 6.45) is 1.91. The Kier molecular flexibility index (Phi) is 10.9. The van der Waals surface area contributed by atoms with Crippen LogP contribution in [0.15, 0.2) is 310 Å². The van der Waals surface area contributed by atoms with Crippen molar-refractivity contribution in [2.45, 2.75) is 0 Å². The maximum Gasteiger partial charge on any atom is 0.240 e. The molecule has 2 aliphatic carbocycles. The predicted molar refractivity (Wildman–Crippen MR) is 405 cm³/mol. The van der Waals surface area contributed by atoms with E-state index in [0.717, 1.165) is 105 Å². The van der Waals surface area contributed by atoms with Gasteiger partial charge in [-0.05, 0) is 187 Å². The number of nitrogens with zero attached hydrogens (tertiary/aromatic N) is 7. The maximum absolute atomic E-state index is 5.54. The molecule has 0 fully saturated rings. The van der Waals surface area contributed by atoms with Crippen LogP contribution in [0, 0.1) is 0 Å². The Labute approximate surface area is 561 Å². The average Bonchev–Trinajstić information content (AvgIpc) is 1.52. The first-order valence-electron chi connectivity index (χ1n) is 33.5. The van der Waals surface area contributed by atoms with Gasteiger partial charge in [0.15, 0.2) is 11.6 Å². The molecule has 20 aromatic rings. The summed E-state index contributed by atoms with van der Waals surface area (Å²) < 4.78 is 4.41. The first kappa shape index (κ1) is 53.2. The highest BCUT2D eigenvalue weighted by Gasteiger charge is 2.31. The fourth-order valence-corrected chi connectivity index (χ4v) is 16.9. The van der Waals surface area contributed by atoms with E-state index in [1.54, 1.807) is 0 Å². The van der Waals surface area contributed by atoms with Crippen LogP contribution in [-0.4, -0.2) is 34.1 Å². The molecule has 0 bridgehead atoms. The van der Waals surface area contributed by atoms with Crippen molar-refractivity contribution in [2.75, 3.05) is 0 Å². The SMILES string of the molecule is c1ccc2c(c1)-c1ccc(-c3nccc(-c4cccc5cc(-c6ccc(-c7ccc8c9c(c%10ccccc%10c8c7)-c7cccc8c(-c%10nc(-n%11c%12ccccc%12c%12ccccc%12%11)nc(-n%11c%12ccccc%12c%12ccccc%12%11)n%10)ccc-9c78)cc6)ccc45)n3)c3c1c-2cc1ccccc13. The summed E-state index contributed by atoms with van der Waals surface area (Å²) in [6.45, 7) is 0. The van der Waals surface area contributed by atoms with Gasteiger partial charge in [-0.25, -0.2) is 9.97 Å². The van der Waals surface area contributed by atoms with E-state index in [9.17, 15) is 0 Å². The maximum atomic E-state index is 5.54. The summed E-state index contributed by atoms with van der Waals surface area (Å²) in [5.41, 5.74) is 22.7. The van der Waals surface area contributed by atoms with Gasteiger partial charge < -0.3 is 0 Å². The largest absolute Gasteiger partial charge is 0.278 e. The lowest BCUT2D eigenvalue weighted by Gasteiger charge is -2.15. The average molecular weight is 1240 g/mol. The second-order valence-corrected chi connectivity index (χ2v) is 26.1. The van der Waals surface area contributed by atoms with E-state index in [-0.39, 0.29) is 0 Å². The molecule has 98 heavy (non-hydrogen) atoms.